The molecule has 0 saturated carbocycles. The number of nitrogens with one attached hydrogen (secondary N) is 2. The quantitative estimate of drug-likeness (QED) is 0.338. The fourth-order valence-corrected chi connectivity index (χ4v) is 4.55. The van der Waals surface area contributed by atoms with Crippen molar-refractivity contribution in [2.75, 3.05) is 38.1 Å². The lowest BCUT2D eigenvalue weighted by atomic mass is 10.1. The molecule has 1 unspecified atom stereocenters. The van der Waals surface area contributed by atoms with Crippen molar-refractivity contribution < 1.29 is 0 Å². The molecule has 2 N–H and O–H groups in total. The van der Waals surface area contributed by atoms with Gasteiger partial charge in [-0.2, -0.15) is 0 Å². The molecule has 168 valence electrons. The van der Waals surface area contributed by atoms with Crippen molar-refractivity contribution in [3.8, 4) is 0 Å². The molecular weight excluding hydrogens is 499 g/mol. The molecule has 4 rings (SSSR count). The predicted molar refractivity (Wildman–Crippen MR) is 139 cm³/mol. The molecule has 0 bridgehead atoms. The molecule has 2 fully saturated rings. The number of guanidine groups is 1. The van der Waals surface area contributed by atoms with Gasteiger partial charge in [0, 0.05) is 51.5 Å². The highest BCUT2D eigenvalue weighted by Crippen LogP contribution is 2.20. The molecule has 2 aliphatic heterocycles. The number of likely N-dealkylation sites (tertiary alicyclic amines) is 1. The topological polar surface area (TPSA) is 55.8 Å². The number of nitrogens with zero attached hydrogens (tertiary/aromatic N) is 4. The lowest BCUT2D eigenvalue weighted by Crippen LogP contribution is -2.51. The largest absolute Gasteiger partial charge is 0.356 e. The number of benzene rings is 1. The molecule has 1 aromatic heterocycles. The van der Waals surface area contributed by atoms with E-state index in [1.54, 1.807) is 0 Å². The van der Waals surface area contributed by atoms with Gasteiger partial charge in [0.05, 0.1) is 0 Å². The SMILES string of the molecule is CN=C(NCC1CCCN1Cc1ccccc1)NC1CCN(c2ccccn2)CC1.I. The van der Waals surface area contributed by atoms with Crippen molar-refractivity contribution in [1.82, 2.24) is 20.5 Å². The Labute approximate surface area is 203 Å². The maximum absolute atomic E-state index is 4.48. The van der Waals surface area contributed by atoms with E-state index in [0.717, 1.165) is 50.8 Å². The van der Waals surface area contributed by atoms with Crippen LogP contribution in [0.4, 0.5) is 5.82 Å². The third-order valence-electron chi connectivity index (χ3n) is 6.27. The van der Waals surface area contributed by atoms with Crippen LogP contribution in [0.1, 0.15) is 31.2 Å². The summed E-state index contributed by atoms with van der Waals surface area (Å²) in [5.41, 5.74) is 1.39. The van der Waals surface area contributed by atoms with Crippen molar-refractivity contribution in [3.05, 3.63) is 60.3 Å². The molecule has 2 aliphatic rings. The molecule has 0 spiro atoms. The predicted octanol–water partition coefficient (Wildman–Crippen LogP) is 3.50. The van der Waals surface area contributed by atoms with Gasteiger partial charge in [-0.15, -0.1) is 24.0 Å². The second-order valence-corrected chi connectivity index (χ2v) is 8.30. The minimum absolute atomic E-state index is 0. The minimum Gasteiger partial charge on any atom is -0.356 e. The van der Waals surface area contributed by atoms with Gasteiger partial charge in [-0.05, 0) is 49.9 Å². The Balaban J connectivity index is 0.00000272. The molecule has 7 heteroatoms. The summed E-state index contributed by atoms with van der Waals surface area (Å²) in [6.45, 7) is 5.21. The lowest BCUT2D eigenvalue weighted by Gasteiger charge is -2.34. The maximum Gasteiger partial charge on any atom is 0.191 e. The first-order chi connectivity index (χ1) is 14.8. The zero-order chi connectivity index (χ0) is 20.6. The van der Waals surface area contributed by atoms with Crippen LogP contribution in [0, 0.1) is 0 Å². The Kier molecular flexibility index (Phi) is 9.39. The number of piperidine rings is 1. The normalized spacial score (nSPS) is 20.4. The number of pyridine rings is 1. The fraction of sp³-hybridized carbons (Fsp3) is 0.500. The van der Waals surface area contributed by atoms with E-state index < -0.39 is 0 Å². The number of aromatic nitrogens is 1. The Morgan fingerprint density at radius 3 is 2.52 bits per heavy atom. The van der Waals surface area contributed by atoms with Crippen LogP contribution in [0.3, 0.4) is 0 Å². The number of halogens is 1. The van der Waals surface area contributed by atoms with Crippen LogP contribution in [-0.4, -0.2) is 61.2 Å². The average molecular weight is 534 g/mol. The summed E-state index contributed by atoms with van der Waals surface area (Å²) in [5.74, 6) is 2.01. The van der Waals surface area contributed by atoms with E-state index in [0.29, 0.717) is 12.1 Å². The minimum atomic E-state index is 0. The van der Waals surface area contributed by atoms with Gasteiger partial charge in [0.2, 0.25) is 0 Å². The van der Waals surface area contributed by atoms with Gasteiger partial charge in [-0.1, -0.05) is 36.4 Å². The molecule has 6 nitrogen and oxygen atoms in total. The molecule has 2 saturated heterocycles. The van der Waals surface area contributed by atoms with Gasteiger partial charge in [0.25, 0.3) is 0 Å². The van der Waals surface area contributed by atoms with Crippen molar-refractivity contribution >= 4 is 35.8 Å². The molecule has 2 aromatic rings. The third-order valence-corrected chi connectivity index (χ3v) is 6.27. The van der Waals surface area contributed by atoms with Crippen LogP contribution in [-0.2, 0) is 6.54 Å². The van der Waals surface area contributed by atoms with Gasteiger partial charge in [-0.3, -0.25) is 9.89 Å². The maximum atomic E-state index is 4.48. The molecule has 0 amide bonds. The summed E-state index contributed by atoms with van der Waals surface area (Å²) in [4.78, 5) is 13.9. The van der Waals surface area contributed by atoms with Crippen molar-refractivity contribution in [2.45, 2.75) is 44.3 Å². The molecule has 1 atom stereocenters. The van der Waals surface area contributed by atoms with E-state index in [9.17, 15) is 0 Å². The average Bonchev–Trinajstić information content (AvgIpc) is 3.25. The van der Waals surface area contributed by atoms with Crippen molar-refractivity contribution in [2.24, 2.45) is 4.99 Å². The molecule has 31 heavy (non-hydrogen) atoms. The fourth-order valence-electron chi connectivity index (χ4n) is 4.55. The number of aliphatic imine (C=N–C) groups is 1. The van der Waals surface area contributed by atoms with Crippen LogP contribution < -0.4 is 15.5 Å². The van der Waals surface area contributed by atoms with Gasteiger partial charge in [-0.25, -0.2) is 4.98 Å². The van der Waals surface area contributed by atoms with E-state index in [-0.39, 0.29) is 24.0 Å². The first-order valence-corrected chi connectivity index (χ1v) is 11.2. The van der Waals surface area contributed by atoms with Gasteiger partial charge < -0.3 is 15.5 Å². The molecule has 1 aromatic carbocycles. The third kappa shape index (κ3) is 6.80. The summed E-state index contributed by atoms with van der Waals surface area (Å²) in [6, 6.07) is 17.9. The second kappa shape index (κ2) is 12.2. The molecule has 0 radical (unpaired) electrons. The van der Waals surface area contributed by atoms with E-state index in [1.165, 1.54) is 24.9 Å². The highest BCUT2D eigenvalue weighted by atomic mass is 127. The van der Waals surface area contributed by atoms with Crippen LogP contribution in [0.25, 0.3) is 0 Å². The zero-order valence-corrected chi connectivity index (χ0v) is 20.7. The van der Waals surface area contributed by atoms with Gasteiger partial charge in [0.15, 0.2) is 5.96 Å². The summed E-state index contributed by atoms with van der Waals surface area (Å²) in [7, 11) is 1.87. The lowest BCUT2D eigenvalue weighted by molar-refractivity contribution is 0.245. The van der Waals surface area contributed by atoms with E-state index in [1.807, 2.05) is 19.3 Å². The molecule has 0 aliphatic carbocycles. The summed E-state index contributed by atoms with van der Waals surface area (Å²) in [5, 5.41) is 7.23. The Morgan fingerprint density at radius 1 is 1.03 bits per heavy atom. The van der Waals surface area contributed by atoms with Gasteiger partial charge >= 0.3 is 0 Å². The highest BCUT2D eigenvalue weighted by Gasteiger charge is 2.25. The summed E-state index contributed by atoms with van der Waals surface area (Å²) in [6.07, 6.45) is 6.59. The number of hydrogen-bond acceptors (Lipinski definition) is 4. The van der Waals surface area contributed by atoms with Crippen LogP contribution in [0.2, 0.25) is 0 Å². The van der Waals surface area contributed by atoms with E-state index in [2.05, 4.69) is 72.9 Å². The number of rotatable bonds is 6. The van der Waals surface area contributed by atoms with Crippen LogP contribution in [0.15, 0.2) is 59.7 Å². The highest BCUT2D eigenvalue weighted by molar-refractivity contribution is 14.0. The Hall–Kier alpha value is -1.87. The monoisotopic (exact) mass is 534 g/mol. The smallest absolute Gasteiger partial charge is 0.191 e. The number of hydrogen-bond donors (Lipinski definition) is 2. The molecule has 3 heterocycles. The second-order valence-electron chi connectivity index (χ2n) is 8.30. The van der Waals surface area contributed by atoms with Crippen LogP contribution >= 0.6 is 24.0 Å². The Bertz CT molecular complexity index is 792. The first-order valence-electron chi connectivity index (χ1n) is 11.2. The van der Waals surface area contributed by atoms with E-state index >= 15 is 0 Å². The number of anilines is 1. The first kappa shape index (κ1) is 23.8. The Morgan fingerprint density at radius 2 is 1.81 bits per heavy atom. The van der Waals surface area contributed by atoms with Gasteiger partial charge in [0.1, 0.15) is 5.82 Å². The standard InChI is InChI=1S/C24H34N6.HI/c1-25-24(28-21-12-16-29(17-13-21)23-11-5-6-14-26-23)27-18-22-10-7-15-30(22)19-20-8-3-2-4-9-20;/h2-6,8-9,11,14,21-22H,7,10,12-13,15-19H2,1H3,(H2,25,27,28);1H. The zero-order valence-electron chi connectivity index (χ0n) is 18.4. The summed E-state index contributed by atoms with van der Waals surface area (Å²) >= 11 is 0. The van der Waals surface area contributed by atoms with Crippen LogP contribution in [0.5, 0.6) is 0 Å². The van der Waals surface area contributed by atoms with Crippen molar-refractivity contribution in [1.29, 1.82) is 0 Å². The van der Waals surface area contributed by atoms with Crippen molar-refractivity contribution in [3.63, 3.8) is 0 Å². The molecular formula is C24H35IN6. The summed E-state index contributed by atoms with van der Waals surface area (Å²) < 4.78 is 0. The van der Waals surface area contributed by atoms with E-state index in [4.69, 9.17) is 0 Å².